The Morgan fingerprint density at radius 3 is 2.85 bits per heavy atom. The molecule has 98 valence electrons. The summed E-state index contributed by atoms with van der Waals surface area (Å²) in [5, 5.41) is 0.826. The summed E-state index contributed by atoms with van der Waals surface area (Å²) in [5.41, 5.74) is 1.02. The Labute approximate surface area is 114 Å². The second-order valence-corrected chi connectivity index (χ2v) is 4.27. The van der Waals surface area contributed by atoms with E-state index in [2.05, 4.69) is 4.98 Å². The highest BCUT2D eigenvalue weighted by molar-refractivity contribution is 5.85. The van der Waals surface area contributed by atoms with Gasteiger partial charge in [0.15, 0.2) is 0 Å². The lowest BCUT2D eigenvalue weighted by Gasteiger charge is -2.09. The smallest absolute Gasteiger partial charge is 0.150 e. The van der Waals surface area contributed by atoms with Crippen LogP contribution in [0.25, 0.3) is 10.9 Å². The fraction of sp³-hybridized carbons (Fsp3) is 0. The zero-order valence-electron chi connectivity index (χ0n) is 10.4. The molecule has 0 bridgehead atoms. The number of benzene rings is 2. The summed E-state index contributed by atoms with van der Waals surface area (Å²) in [4.78, 5) is 15.0. The van der Waals surface area contributed by atoms with Crippen molar-refractivity contribution in [2.24, 2.45) is 0 Å². The van der Waals surface area contributed by atoms with Crippen molar-refractivity contribution in [3.05, 3.63) is 66.1 Å². The van der Waals surface area contributed by atoms with E-state index in [1.54, 1.807) is 18.3 Å². The second-order valence-electron chi connectivity index (χ2n) is 4.27. The van der Waals surface area contributed by atoms with Crippen LogP contribution in [0.2, 0.25) is 0 Å². The summed E-state index contributed by atoms with van der Waals surface area (Å²) in [6.45, 7) is 0. The van der Waals surface area contributed by atoms with Gasteiger partial charge in [-0.1, -0.05) is 6.07 Å². The molecule has 0 spiro atoms. The molecule has 0 saturated heterocycles. The first-order valence-corrected chi connectivity index (χ1v) is 6.03. The van der Waals surface area contributed by atoms with Crippen LogP contribution in [0.1, 0.15) is 10.4 Å². The maximum absolute atomic E-state index is 13.4. The van der Waals surface area contributed by atoms with E-state index in [4.69, 9.17) is 4.74 Å². The molecule has 0 radical (unpaired) electrons. The maximum atomic E-state index is 13.4. The molecule has 0 N–H and O–H groups in total. The number of ether oxygens (including phenoxy) is 1. The monoisotopic (exact) mass is 267 g/mol. The van der Waals surface area contributed by atoms with Crippen molar-refractivity contribution in [1.82, 2.24) is 4.98 Å². The SMILES string of the molecule is O=Cc1cc(F)cc(Oc2cccc3ncccc23)c1. The summed E-state index contributed by atoms with van der Waals surface area (Å²) in [6, 6.07) is 13.0. The van der Waals surface area contributed by atoms with E-state index >= 15 is 0 Å². The molecule has 0 aliphatic rings. The first-order valence-electron chi connectivity index (χ1n) is 6.03. The van der Waals surface area contributed by atoms with Crippen LogP contribution in [0.3, 0.4) is 0 Å². The van der Waals surface area contributed by atoms with Gasteiger partial charge in [0, 0.05) is 23.2 Å². The summed E-state index contributed by atoms with van der Waals surface area (Å²) < 4.78 is 19.1. The molecule has 0 aliphatic heterocycles. The van der Waals surface area contributed by atoms with E-state index in [9.17, 15) is 9.18 Å². The van der Waals surface area contributed by atoms with Gasteiger partial charge in [-0.05, 0) is 36.4 Å². The van der Waals surface area contributed by atoms with Gasteiger partial charge >= 0.3 is 0 Å². The number of carbonyl (C=O) groups excluding carboxylic acids is 1. The van der Waals surface area contributed by atoms with Crippen LogP contribution in [0.4, 0.5) is 4.39 Å². The summed E-state index contributed by atoms with van der Waals surface area (Å²) in [5.74, 6) is 0.337. The summed E-state index contributed by atoms with van der Waals surface area (Å²) >= 11 is 0. The van der Waals surface area contributed by atoms with Crippen molar-refractivity contribution in [1.29, 1.82) is 0 Å². The molecule has 0 aliphatic carbocycles. The van der Waals surface area contributed by atoms with Crippen molar-refractivity contribution >= 4 is 17.2 Å². The molecule has 0 unspecified atom stereocenters. The van der Waals surface area contributed by atoms with Gasteiger partial charge in [-0.15, -0.1) is 0 Å². The number of fused-ring (bicyclic) bond motifs is 1. The number of nitrogens with zero attached hydrogens (tertiary/aromatic N) is 1. The van der Waals surface area contributed by atoms with Crippen molar-refractivity contribution in [2.75, 3.05) is 0 Å². The molecule has 3 rings (SSSR count). The van der Waals surface area contributed by atoms with E-state index in [1.165, 1.54) is 12.1 Å². The standard InChI is InChI=1S/C16H10FNO2/c17-12-7-11(10-19)8-13(9-12)20-16-5-1-4-15-14(16)3-2-6-18-15/h1-10H. The van der Waals surface area contributed by atoms with Crippen LogP contribution in [0, 0.1) is 5.82 Å². The highest BCUT2D eigenvalue weighted by Gasteiger charge is 2.06. The highest BCUT2D eigenvalue weighted by Crippen LogP contribution is 2.29. The van der Waals surface area contributed by atoms with Crippen molar-refractivity contribution in [2.45, 2.75) is 0 Å². The third-order valence-electron chi connectivity index (χ3n) is 2.86. The molecule has 0 amide bonds. The quantitative estimate of drug-likeness (QED) is 0.674. The third-order valence-corrected chi connectivity index (χ3v) is 2.86. The Hall–Kier alpha value is -2.75. The lowest BCUT2D eigenvalue weighted by atomic mass is 10.2. The van der Waals surface area contributed by atoms with E-state index in [-0.39, 0.29) is 11.3 Å². The molecule has 3 aromatic rings. The van der Waals surface area contributed by atoms with Crippen LogP contribution in [-0.4, -0.2) is 11.3 Å². The summed E-state index contributed by atoms with van der Waals surface area (Å²) in [6.07, 6.45) is 2.28. The Kier molecular flexibility index (Phi) is 3.13. The van der Waals surface area contributed by atoms with Crippen LogP contribution < -0.4 is 4.74 Å². The van der Waals surface area contributed by atoms with Crippen LogP contribution >= 0.6 is 0 Å². The minimum absolute atomic E-state index is 0.235. The molecule has 3 nitrogen and oxygen atoms in total. The molecule has 1 aromatic heterocycles. The Morgan fingerprint density at radius 2 is 2.00 bits per heavy atom. The van der Waals surface area contributed by atoms with Gasteiger partial charge in [0.05, 0.1) is 5.52 Å². The maximum Gasteiger partial charge on any atom is 0.150 e. The molecule has 20 heavy (non-hydrogen) atoms. The zero-order valence-corrected chi connectivity index (χ0v) is 10.4. The van der Waals surface area contributed by atoms with Crippen LogP contribution in [0.15, 0.2) is 54.7 Å². The minimum atomic E-state index is -0.511. The molecule has 0 atom stereocenters. The van der Waals surface area contributed by atoms with E-state index < -0.39 is 5.82 Å². The van der Waals surface area contributed by atoms with Gasteiger partial charge in [-0.2, -0.15) is 0 Å². The molecular weight excluding hydrogens is 257 g/mol. The van der Waals surface area contributed by atoms with Gasteiger partial charge in [-0.3, -0.25) is 9.78 Å². The summed E-state index contributed by atoms with van der Waals surface area (Å²) in [7, 11) is 0. The molecule has 2 aromatic carbocycles. The number of hydrogen-bond acceptors (Lipinski definition) is 3. The number of aromatic nitrogens is 1. The van der Waals surface area contributed by atoms with Gasteiger partial charge in [0.25, 0.3) is 0 Å². The van der Waals surface area contributed by atoms with E-state index in [0.29, 0.717) is 12.0 Å². The van der Waals surface area contributed by atoms with Gasteiger partial charge < -0.3 is 4.74 Å². The fourth-order valence-electron chi connectivity index (χ4n) is 2.00. The zero-order chi connectivity index (χ0) is 13.9. The highest BCUT2D eigenvalue weighted by atomic mass is 19.1. The second kappa shape index (κ2) is 5.09. The number of pyridine rings is 1. The first-order chi connectivity index (χ1) is 9.76. The predicted octanol–water partition coefficient (Wildman–Crippen LogP) is 3.98. The molecular formula is C16H10FNO2. The van der Waals surface area contributed by atoms with Crippen molar-refractivity contribution in [3.8, 4) is 11.5 Å². The number of halogens is 1. The fourth-order valence-corrected chi connectivity index (χ4v) is 2.00. The minimum Gasteiger partial charge on any atom is -0.457 e. The van der Waals surface area contributed by atoms with Crippen molar-refractivity contribution in [3.63, 3.8) is 0 Å². The Morgan fingerprint density at radius 1 is 1.10 bits per heavy atom. The Balaban J connectivity index is 2.05. The van der Waals surface area contributed by atoms with Crippen LogP contribution in [0.5, 0.6) is 11.5 Å². The lowest BCUT2D eigenvalue weighted by Crippen LogP contribution is -1.90. The number of rotatable bonds is 3. The molecule has 0 saturated carbocycles. The Bertz CT molecular complexity index is 781. The third kappa shape index (κ3) is 2.36. The lowest BCUT2D eigenvalue weighted by molar-refractivity contribution is 0.112. The van der Waals surface area contributed by atoms with Gasteiger partial charge in [0.1, 0.15) is 23.6 Å². The van der Waals surface area contributed by atoms with Crippen molar-refractivity contribution < 1.29 is 13.9 Å². The molecule has 1 heterocycles. The normalized spacial score (nSPS) is 10.4. The van der Waals surface area contributed by atoms with Gasteiger partial charge in [0.2, 0.25) is 0 Å². The van der Waals surface area contributed by atoms with Crippen LogP contribution in [-0.2, 0) is 0 Å². The first kappa shape index (κ1) is 12.3. The number of aldehydes is 1. The van der Waals surface area contributed by atoms with E-state index in [0.717, 1.165) is 17.0 Å². The number of hydrogen-bond donors (Lipinski definition) is 0. The molecule has 0 fully saturated rings. The predicted molar refractivity (Wildman–Crippen MR) is 73.6 cm³/mol. The average molecular weight is 267 g/mol. The average Bonchev–Trinajstić information content (AvgIpc) is 2.47. The number of carbonyl (C=O) groups is 1. The topological polar surface area (TPSA) is 39.2 Å². The van der Waals surface area contributed by atoms with Gasteiger partial charge in [-0.25, -0.2) is 4.39 Å². The molecule has 4 heteroatoms. The van der Waals surface area contributed by atoms with E-state index in [1.807, 2.05) is 18.2 Å². The largest absolute Gasteiger partial charge is 0.457 e.